The molecule has 0 bridgehead atoms. The van der Waals surface area contributed by atoms with Crippen molar-refractivity contribution in [1.29, 1.82) is 0 Å². The van der Waals surface area contributed by atoms with Crippen LogP contribution in [0.15, 0.2) is 71.4 Å². The number of pyridine rings is 1. The number of furan rings is 1. The Labute approximate surface area is 231 Å². The Morgan fingerprint density at radius 3 is 2.73 bits per heavy atom. The van der Waals surface area contributed by atoms with E-state index in [9.17, 15) is 23.2 Å². The molecule has 210 valence electrons. The van der Waals surface area contributed by atoms with Crippen LogP contribution >= 0.6 is 0 Å². The topological polar surface area (TPSA) is 130 Å². The summed E-state index contributed by atoms with van der Waals surface area (Å²) in [5, 5.41) is 7.82. The number of amides is 3. The summed E-state index contributed by atoms with van der Waals surface area (Å²) in [6.45, 7) is -3.55. The molecule has 0 aliphatic carbocycles. The maximum absolute atomic E-state index is 13.1. The molecule has 0 radical (unpaired) electrons. The molecule has 0 spiro atoms. The third-order valence-corrected chi connectivity index (χ3v) is 7.15. The number of para-hydroxylation sites is 1. The van der Waals surface area contributed by atoms with Crippen molar-refractivity contribution in [2.45, 2.75) is 31.7 Å². The van der Waals surface area contributed by atoms with Gasteiger partial charge < -0.3 is 29.7 Å². The number of likely N-dealkylation sites (tertiary alicyclic amines) is 1. The number of nitrogens with one attached hydrogen (secondary N) is 3. The van der Waals surface area contributed by atoms with Gasteiger partial charge >= 0.3 is 6.61 Å². The van der Waals surface area contributed by atoms with Crippen molar-refractivity contribution in [2.75, 3.05) is 13.1 Å². The van der Waals surface area contributed by atoms with Crippen molar-refractivity contribution in [3.05, 3.63) is 78.2 Å². The predicted molar refractivity (Wildman–Crippen MR) is 145 cm³/mol. The molecule has 0 unspecified atom stereocenters. The van der Waals surface area contributed by atoms with Gasteiger partial charge in [0.25, 0.3) is 5.91 Å². The van der Waals surface area contributed by atoms with Gasteiger partial charge in [-0.15, -0.1) is 0 Å². The summed E-state index contributed by atoms with van der Waals surface area (Å²) in [5.41, 5.74) is 3.20. The number of benzene rings is 2. The standard InChI is InChI=1S/C29H25F2N5O5/c30-29(31)40-19-11-23(28(39)33-13-18-9-17-12-32-8-7-22(17)35-18)36(15-19)26(37)14-34-27(38)16-5-6-25-21(10-16)20-3-1-2-4-24(20)41-25/h1-10,12,19,23,29,35H,11,13-15H2,(H,33,39)(H,34,38)/t19-,23+/m1/s1. The molecular formula is C29H25F2N5O5. The zero-order chi connectivity index (χ0) is 28.5. The number of rotatable bonds is 8. The third-order valence-electron chi connectivity index (χ3n) is 7.15. The van der Waals surface area contributed by atoms with Crippen molar-refractivity contribution < 1.29 is 32.3 Å². The zero-order valence-electron chi connectivity index (χ0n) is 21.6. The van der Waals surface area contributed by atoms with Gasteiger partial charge in [-0.2, -0.15) is 8.78 Å². The maximum atomic E-state index is 13.1. The van der Waals surface area contributed by atoms with Crippen molar-refractivity contribution >= 4 is 50.6 Å². The molecule has 2 aromatic carbocycles. The molecule has 12 heteroatoms. The second-order valence-corrected chi connectivity index (χ2v) is 9.78. The summed E-state index contributed by atoms with van der Waals surface area (Å²) in [6.07, 6.45) is 2.20. The van der Waals surface area contributed by atoms with E-state index in [1.165, 1.54) is 4.90 Å². The van der Waals surface area contributed by atoms with E-state index >= 15 is 0 Å². The number of alkyl halides is 2. The summed E-state index contributed by atoms with van der Waals surface area (Å²) < 4.78 is 36.3. The van der Waals surface area contributed by atoms with E-state index in [-0.39, 0.29) is 19.5 Å². The SMILES string of the molecule is O=C(NCC(=O)N1C[C@H](OC(F)F)C[C@H]1C(=O)NCc1cc2cnccc2[nH]1)c1ccc2oc3ccccc3c2c1. The summed E-state index contributed by atoms with van der Waals surface area (Å²) in [5.74, 6) is -1.61. The van der Waals surface area contributed by atoms with Gasteiger partial charge in [-0.3, -0.25) is 19.4 Å². The van der Waals surface area contributed by atoms with E-state index in [2.05, 4.69) is 25.3 Å². The molecule has 1 aliphatic heterocycles. The zero-order valence-corrected chi connectivity index (χ0v) is 21.6. The summed E-state index contributed by atoms with van der Waals surface area (Å²) in [6, 6.07) is 15.0. The van der Waals surface area contributed by atoms with Gasteiger partial charge in [0.1, 0.15) is 17.2 Å². The first kappa shape index (κ1) is 26.4. The van der Waals surface area contributed by atoms with Crippen LogP contribution in [0.1, 0.15) is 22.5 Å². The van der Waals surface area contributed by atoms with Gasteiger partial charge in [-0.1, -0.05) is 18.2 Å². The minimum Gasteiger partial charge on any atom is -0.456 e. The largest absolute Gasteiger partial charge is 0.456 e. The predicted octanol–water partition coefficient (Wildman–Crippen LogP) is 3.72. The second-order valence-electron chi connectivity index (χ2n) is 9.78. The van der Waals surface area contributed by atoms with Crippen LogP contribution in [-0.4, -0.2) is 64.4 Å². The molecule has 1 saturated heterocycles. The lowest BCUT2D eigenvalue weighted by atomic mass is 10.1. The summed E-state index contributed by atoms with van der Waals surface area (Å²) in [4.78, 5) is 47.5. The highest BCUT2D eigenvalue weighted by molar-refractivity contribution is 6.08. The van der Waals surface area contributed by atoms with Crippen LogP contribution in [0.2, 0.25) is 0 Å². The van der Waals surface area contributed by atoms with Crippen molar-refractivity contribution in [1.82, 2.24) is 25.5 Å². The average molecular weight is 562 g/mol. The van der Waals surface area contributed by atoms with Crippen LogP contribution in [0, 0.1) is 0 Å². The summed E-state index contributed by atoms with van der Waals surface area (Å²) >= 11 is 0. The van der Waals surface area contributed by atoms with Crippen molar-refractivity contribution in [3.8, 4) is 0 Å². The number of nitrogens with zero attached hydrogens (tertiary/aromatic N) is 2. The van der Waals surface area contributed by atoms with E-state index in [4.69, 9.17) is 4.42 Å². The van der Waals surface area contributed by atoms with Crippen LogP contribution in [0.3, 0.4) is 0 Å². The minimum atomic E-state index is -3.05. The fraction of sp³-hybridized carbons (Fsp3) is 0.241. The van der Waals surface area contributed by atoms with Crippen molar-refractivity contribution in [2.24, 2.45) is 0 Å². The molecule has 4 heterocycles. The lowest BCUT2D eigenvalue weighted by Gasteiger charge is -2.24. The Kier molecular flexibility index (Phi) is 7.06. The van der Waals surface area contributed by atoms with Crippen LogP contribution in [0.5, 0.6) is 0 Å². The third kappa shape index (κ3) is 5.46. The van der Waals surface area contributed by atoms with E-state index in [1.807, 2.05) is 30.3 Å². The van der Waals surface area contributed by atoms with Gasteiger partial charge in [0.05, 0.1) is 19.2 Å². The Balaban J connectivity index is 1.12. The highest BCUT2D eigenvalue weighted by Crippen LogP contribution is 2.29. The van der Waals surface area contributed by atoms with Crippen LogP contribution in [-0.2, 0) is 20.9 Å². The number of aromatic amines is 1. The van der Waals surface area contributed by atoms with Crippen molar-refractivity contribution in [3.63, 3.8) is 0 Å². The fourth-order valence-electron chi connectivity index (χ4n) is 5.22. The Bertz CT molecular complexity index is 1730. The quantitative estimate of drug-likeness (QED) is 0.265. The molecule has 10 nitrogen and oxygen atoms in total. The molecule has 3 N–H and O–H groups in total. The Hall–Kier alpha value is -4.84. The molecule has 41 heavy (non-hydrogen) atoms. The molecule has 6 rings (SSSR count). The van der Waals surface area contributed by atoms with E-state index in [1.54, 1.807) is 36.7 Å². The lowest BCUT2D eigenvalue weighted by Crippen LogP contribution is -2.49. The number of hydrogen-bond acceptors (Lipinski definition) is 6. The fourth-order valence-corrected chi connectivity index (χ4v) is 5.22. The number of carbonyl (C=O) groups is 3. The lowest BCUT2D eigenvalue weighted by molar-refractivity contribution is -0.160. The van der Waals surface area contributed by atoms with Gasteiger partial charge in [-0.05, 0) is 36.4 Å². The number of ether oxygens (including phenoxy) is 1. The monoisotopic (exact) mass is 561 g/mol. The van der Waals surface area contributed by atoms with E-state index < -0.39 is 43.0 Å². The first-order valence-corrected chi connectivity index (χ1v) is 13.0. The van der Waals surface area contributed by atoms with E-state index in [0.717, 1.165) is 21.7 Å². The number of aromatic nitrogens is 2. The molecule has 5 aromatic rings. The highest BCUT2D eigenvalue weighted by atomic mass is 19.3. The van der Waals surface area contributed by atoms with Gasteiger partial charge in [-0.25, -0.2) is 0 Å². The Morgan fingerprint density at radius 2 is 1.90 bits per heavy atom. The average Bonchev–Trinajstić information content (AvgIpc) is 3.68. The number of carbonyl (C=O) groups excluding carboxylic acids is 3. The van der Waals surface area contributed by atoms with Gasteiger partial charge in [0, 0.05) is 58.3 Å². The number of H-pyrrole nitrogens is 1. The smallest absolute Gasteiger partial charge is 0.345 e. The molecule has 1 aliphatic rings. The van der Waals surface area contributed by atoms with Crippen LogP contribution in [0.4, 0.5) is 8.78 Å². The highest BCUT2D eigenvalue weighted by Gasteiger charge is 2.41. The second kappa shape index (κ2) is 11.0. The van der Waals surface area contributed by atoms with E-state index in [0.29, 0.717) is 22.4 Å². The Morgan fingerprint density at radius 1 is 1.07 bits per heavy atom. The maximum Gasteiger partial charge on any atom is 0.345 e. The molecule has 3 aromatic heterocycles. The molecule has 3 amide bonds. The normalized spacial score (nSPS) is 17.1. The minimum absolute atomic E-state index is 0.100. The van der Waals surface area contributed by atoms with Gasteiger partial charge in [0.2, 0.25) is 11.8 Å². The van der Waals surface area contributed by atoms with Crippen LogP contribution in [0.25, 0.3) is 32.8 Å². The number of fused-ring (bicyclic) bond motifs is 4. The first-order chi connectivity index (χ1) is 19.9. The van der Waals surface area contributed by atoms with Gasteiger partial charge in [0.15, 0.2) is 0 Å². The molecule has 2 atom stereocenters. The molecular weight excluding hydrogens is 536 g/mol. The molecule has 1 fully saturated rings. The summed E-state index contributed by atoms with van der Waals surface area (Å²) in [7, 11) is 0. The number of hydrogen-bond donors (Lipinski definition) is 3. The number of halogens is 2. The van der Waals surface area contributed by atoms with Crippen LogP contribution < -0.4 is 10.6 Å². The first-order valence-electron chi connectivity index (χ1n) is 13.0. The molecule has 0 saturated carbocycles.